The maximum absolute atomic E-state index is 12.5. The Morgan fingerprint density at radius 3 is 1.00 bits per heavy atom. The molecule has 0 heterocycles. The van der Waals surface area contributed by atoms with E-state index in [2.05, 4.69) is 55.6 Å². The molecule has 5 nitrogen and oxygen atoms in total. The molecular weight excluding hydrogens is 787 g/mol. The zero-order chi connectivity index (χ0) is 46.5. The standard InChI is InChI=1S/C59H113NO4/c1-3-5-7-9-11-13-15-17-19-21-23-24-25-26-27-28-29-30-31-32-33-34-36-38-40-42-44-46-48-50-52-54-58(63)60-56(55-61)59(64)57(62)53-51-49-47-45-43-41-39-37-35-22-20-18-16-14-12-10-8-6-4-2/h23-24,26-27,45,47,56-57,59,61-62,64H,3-22,25,28-44,46,48-55H2,1-2H3,(H,60,63)/b24-23-,27-26-,47-45+. The number of aliphatic hydroxyl groups is 3. The third-order valence-electron chi connectivity index (χ3n) is 13.5. The minimum atomic E-state index is -1.16. The molecule has 64 heavy (non-hydrogen) atoms. The number of hydrogen-bond acceptors (Lipinski definition) is 4. The van der Waals surface area contributed by atoms with Crippen LogP contribution in [0.1, 0.15) is 309 Å². The summed E-state index contributed by atoms with van der Waals surface area (Å²) in [5.74, 6) is -0.151. The van der Waals surface area contributed by atoms with Gasteiger partial charge in [0.05, 0.1) is 18.8 Å². The molecule has 5 heteroatoms. The molecule has 0 aliphatic heterocycles. The van der Waals surface area contributed by atoms with Gasteiger partial charge in [-0.3, -0.25) is 4.79 Å². The first-order valence-electron chi connectivity index (χ1n) is 28.8. The number of allylic oxidation sites excluding steroid dienone is 6. The van der Waals surface area contributed by atoms with Crippen LogP contribution < -0.4 is 5.32 Å². The highest BCUT2D eigenvalue weighted by molar-refractivity contribution is 5.76. The van der Waals surface area contributed by atoms with Crippen LogP contribution in [0.4, 0.5) is 0 Å². The van der Waals surface area contributed by atoms with Crippen LogP contribution >= 0.6 is 0 Å². The molecule has 0 bridgehead atoms. The summed E-state index contributed by atoms with van der Waals surface area (Å²) in [6, 6.07) is -0.826. The van der Waals surface area contributed by atoms with Crippen molar-refractivity contribution in [3.05, 3.63) is 36.5 Å². The van der Waals surface area contributed by atoms with E-state index >= 15 is 0 Å². The molecular formula is C59H113NO4. The lowest BCUT2D eigenvalue weighted by atomic mass is 10.0. The summed E-state index contributed by atoms with van der Waals surface area (Å²) in [7, 11) is 0. The van der Waals surface area contributed by atoms with Gasteiger partial charge in [-0.2, -0.15) is 0 Å². The van der Waals surface area contributed by atoms with Crippen LogP contribution in [0, 0.1) is 0 Å². The van der Waals surface area contributed by atoms with E-state index in [0.29, 0.717) is 12.8 Å². The van der Waals surface area contributed by atoms with Gasteiger partial charge in [0.25, 0.3) is 0 Å². The van der Waals surface area contributed by atoms with Crippen LogP contribution in [0.3, 0.4) is 0 Å². The van der Waals surface area contributed by atoms with Gasteiger partial charge in [-0.1, -0.05) is 269 Å². The highest BCUT2D eigenvalue weighted by Crippen LogP contribution is 2.17. The van der Waals surface area contributed by atoms with Crippen molar-refractivity contribution in [1.82, 2.24) is 5.32 Å². The van der Waals surface area contributed by atoms with Crippen molar-refractivity contribution in [2.24, 2.45) is 0 Å². The summed E-state index contributed by atoms with van der Waals surface area (Å²) in [4.78, 5) is 12.5. The van der Waals surface area contributed by atoms with Gasteiger partial charge in [0.1, 0.15) is 6.10 Å². The second kappa shape index (κ2) is 54.2. The average molecular weight is 901 g/mol. The normalized spacial score (nSPS) is 13.5. The summed E-state index contributed by atoms with van der Waals surface area (Å²) in [6.07, 6.45) is 70.2. The zero-order valence-corrected chi connectivity index (χ0v) is 43.2. The van der Waals surface area contributed by atoms with Gasteiger partial charge >= 0.3 is 0 Å². The van der Waals surface area contributed by atoms with Crippen molar-refractivity contribution in [3.8, 4) is 0 Å². The van der Waals surface area contributed by atoms with Gasteiger partial charge in [0.15, 0.2) is 0 Å². The smallest absolute Gasteiger partial charge is 0.220 e. The molecule has 0 aliphatic rings. The van der Waals surface area contributed by atoms with Gasteiger partial charge < -0.3 is 20.6 Å². The molecule has 0 spiro atoms. The Labute approximate surface area is 400 Å². The molecule has 0 aromatic rings. The molecule has 1 amide bonds. The Kier molecular flexibility index (Phi) is 53.0. The van der Waals surface area contributed by atoms with Gasteiger partial charge in [-0.05, 0) is 70.6 Å². The Morgan fingerprint density at radius 2 is 0.672 bits per heavy atom. The fourth-order valence-corrected chi connectivity index (χ4v) is 9.02. The average Bonchev–Trinajstić information content (AvgIpc) is 3.30. The maximum atomic E-state index is 12.5. The third kappa shape index (κ3) is 48.5. The summed E-state index contributed by atoms with van der Waals surface area (Å²) in [5, 5.41) is 33.7. The minimum absolute atomic E-state index is 0.151. The second-order valence-corrected chi connectivity index (χ2v) is 19.8. The SMILES string of the molecule is CCCCCCCCCCC/C=C\C/C=C\CCCCCCCCCCCCCCCCCC(=O)NC(CO)C(O)C(O)CCC/C=C/CCCCCCCCCCCCCCCC. The first kappa shape index (κ1) is 62.6. The van der Waals surface area contributed by atoms with E-state index in [1.165, 1.54) is 238 Å². The molecule has 0 fully saturated rings. The summed E-state index contributed by atoms with van der Waals surface area (Å²) in [5.41, 5.74) is 0. The third-order valence-corrected chi connectivity index (χ3v) is 13.5. The van der Waals surface area contributed by atoms with E-state index in [9.17, 15) is 20.1 Å². The molecule has 3 unspecified atom stereocenters. The topological polar surface area (TPSA) is 89.8 Å². The molecule has 4 N–H and O–H groups in total. The maximum Gasteiger partial charge on any atom is 0.220 e. The Hall–Kier alpha value is -1.43. The highest BCUT2D eigenvalue weighted by Gasteiger charge is 2.26. The van der Waals surface area contributed by atoms with Crippen molar-refractivity contribution in [2.45, 2.75) is 327 Å². The first-order valence-corrected chi connectivity index (χ1v) is 28.8. The van der Waals surface area contributed by atoms with Crippen molar-refractivity contribution >= 4 is 5.91 Å². The number of amides is 1. The minimum Gasteiger partial charge on any atom is -0.394 e. The first-order chi connectivity index (χ1) is 31.6. The zero-order valence-electron chi connectivity index (χ0n) is 43.2. The number of rotatable bonds is 53. The fourth-order valence-electron chi connectivity index (χ4n) is 9.02. The molecule has 0 radical (unpaired) electrons. The lowest BCUT2D eigenvalue weighted by Gasteiger charge is -2.26. The number of aliphatic hydroxyl groups excluding tert-OH is 3. The Bertz CT molecular complexity index is 993. The summed E-state index contributed by atoms with van der Waals surface area (Å²) >= 11 is 0. The molecule has 0 aromatic heterocycles. The van der Waals surface area contributed by atoms with E-state index in [-0.39, 0.29) is 12.5 Å². The van der Waals surface area contributed by atoms with Crippen LogP contribution in [-0.2, 0) is 4.79 Å². The summed E-state index contributed by atoms with van der Waals surface area (Å²) < 4.78 is 0. The van der Waals surface area contributed by atoms with E-state index in [4.69, 9.17) is 0 Å². The van der Waals surface area contributed by atoms with Crippen LogP contribution in [0.25, 0.3) is 0 Å². The largest absolute Gasteiger partial charge is 0.394 e. The number of carbonyl (C=O) groups excluding carboxylic acids is 1. The van der Waals surface area contributed by atoms with E-state index < -0.39 is 18.2 Å². The molecule has 3 atom stereocenters. The predicted molar refractivity (Wildman–Crippen MR) is 282 cm³/mol. The highest BCUT2D eigenvalue weighted by atomic mass is 16.3. The number of unbranched alkanes of at least 4 members (excludes halogenated alkanes) is 39. The summed E-state index contributed by atoms with van der Waals surface area (Å²) in [6.45, 7) is 4.20. The van der Waals surface area contributed by atoms with Crippen molar-refractivity contribution < 1.29 is 20.1 Å². The molecule has 0 saturated carbocycles. The van der Waals surface area contributed by atoms with Gasteiger partial charge in [-0.15, -0.1) is 0 Å². The Balaban J connectivity index is 3.54. The number of hydrogen-bond donors (Lipinski definition) is 4. The fraction of sp³-hybridized carbons (Fsp3) is 0.881. The monoisotopic (exact) mass is 900 g/mol. The van der Waals surface area contributed by atoms with Crippen LogP contribution in [-0.4, -0.2) is 46.1 Å². The lowest BCUT2D eigenvalue weighted by Crippen LogP contribution is -2.50. The van der Waals surface area contributed by atoms with Crippen LogP contribution in [0.15, 0.2) is 36.5 Å². The molecule has 0 saturated heterocycles. The molecule has 378 valence electrons. The van der Waals surface area contributed by atoms with E-state index in [1.54, 1.807) is 0 Å². The predicted octanol–water partition coefficient (Wildman–Crippen LogP) is 17.8. The molecule has 0 rings (SSSR count). The van der Waals surface area contributed by atoms with Crippen molar-refractivity contribution in [1.29, 1.82) is 0 Å². The van der Waals surface area contributed by atoms with Gasteiger partial charge in [-0.25, -0.2) is 0 Å². The molecule has 0 aliphatic carbocycles. The van der Waals surface area contributed by atoms with Gasteiger partial charge in [0, 0.05) is 6.42 Å². The Morgan fingerprint density at radius 1 is 0.391 bits per heavy atom. The van der Waals surface area contributed by atoms with E-state index in [1.807, 2.05) is 0 Å². The van der Waals surface area contributed by atoms with Crippen LogP contribution in [0.5, 0.6) is 0 Å². The quantitative estimate of drug-likeness (QED) is 0.0362. The van der Waals surface area contributed by atoms with Crippen LogP contribution in [0.2, 0.25) is 0 Å². The number of carbonyl (C=O) groups is 1. The van der Waals surface area contributed by atoms with Crippen molar-refractivity contribution in [3.63, 3.8) is 0 Å². The van der Waals surface area contributed by atoms with Gasteiger partial charge in [0.2, 0.25) is 5.91 Å². The van der Waals surface area contributed by atoms with Crippen molar-refractivity contribution in [2.75, 3.05) is 6.61 Å². The van der Waals surface area contributed by atoms with E-state index in [0.717, 1.165) is 44.9 Å². The number of nitrogens with one attached hydrogen (secondary N) is 1. The lowest BCUT2D eigenvalue weighted by molar-refractivity contribution is -0.124. The second-order valence-electron chi connectivity index (χ2n) is 19.8. The molecule has 0 aromatic carbocycles.